The van der Waals surface area contributed by atoms with Crippen molar-refractivity contribution in [3.63, 3.8) is 0 Å². The van der Waals surface area contributed by atoms with Crippen LogP contribution in [0.1, 0.15) is 11.5 Å². The first-order valence-electron chi connectivity index (χ1n) is 5.12. The van der Waals surface area contributed by atoms with Gasteiger partial charge in [0.05, 0.1) is 22.3 Å². The molecule has 1 N–H and O–H groups in total. The Labute approximate surface area is 110 Å². The van der Waals surface area contributed by atoms with E-state index in [0.717, 1.165) is 17.2 Å². The summed E-state index contributed by atoms with van der Waals surface area (Å²) < 4.78 is 0. The molecule has 88 valence electrons. The van der Waals surface area contributed by atoms with Crippen LogP contribution in [-0.4, -0.2) is 9.97 Å². The summed E-state index contributed by atoms with van der Waals surface area (Å²) in [5, 5.41) is 4.31. The van der Waals surface area contributed by atoms with Gasteiger partial charge in [-0.15, -0.1) is 0 Å². The molecule has 0 unspecified atom stereocenters. The van der Waals surface area contributed by atoms with Gasteiger partial charge in [-0.25, -0.2) is 9.97 Å². The van der Waals surface area contributed by atoms with Crippen LogP contribution in [0.25, 0.3) is 0 Å². The fourth-order valence-corrected chi connectivity index (χ4v) is 1.70. The first-order chi connectivity index (χ1) is 8.15. The lowest BCUT2D eigenvalue weighted by Gasteiger charge is -2.07. The fraction of sp³-hybridized carbons (Fsp3) is 0.167. The summed E-state index contributed by atoms with van der Waals surface area (Å²) in [5.41, 5.74) is 1.85. The lowest BCUT2D eigenvalue weighted by atomic mass is 10.3. The van der Waals surface area contributed by atoms with E-state index >= 15 is 0 Å². The van der Waals surface area contributed by atoms with Gasteiger partial charge in [0.1, 0.15) is 5.82 Å². The number of aromatic nitrogens is 2. The number of rotatable bonds is 3. The maximum atomic E-state index is 5.92. The normalized spacial score (nSPS) is 10.3. The van der Waals surface area contributed by atoms with Crippen LogP contribution in [-0.2, 0) is 6.54 Å². The van der Waals surface area contributed by atoms with Crippen molar-refractivity contribution in [3.8, 4) is 0 Å². The molecular weight excluding hydrogens is 257 g/mol. The zero-order valence-corrected chi connectivity index (χ0v) is 10.8. The van der Waals surface area contributed by atoms with Crippen LogP contribution >= 0.6 is 23.2 Å². The van der Waals surface area contributed by atoms with E-state index in [0.29, 0.717) is 16.6 Å². The molecule has 0 saturated carbocycles. The van der Waals surface area contributed by atoms with E-state index in [1.807, 2.05) is 19.1 Å². The predicted octanol–water partition coefficient (Wildman–Crippen LogP) is 3.70. The maximum absolute atomic E-state index is 5.92. The molecule has 0 fully saturated rings. The molecule has 0 radical (unpaired) electrons. The second kappa shape index (κ2) is 5.34. The minimum absolute atomic E-state index is 0.538. The molecule has 0 saturated heterocycles. The number of nitrogens with one attached hydrogen (secondary N) is 1. The molecule has 1 heterocycles. The van der Waals surface area contributed by atoms with Crippen LogP contribution in [0.3, 0.4) is 0 Å². The lowest BCUT2D eigenvalue weighted by Crippen LogP contribution is -2.03. The van der Waals surface area contributed by atoms with E-state index in [9.17, 15) is 0 Å². The molecule has 0 atom stereocenters. The molecule has 3 nitrogen and oxygen atoms in total. The molecule has 0 spiro atoms. The van der Waals surface area contributed by atoms with E-state index in [-0.39, 0.29) is 0 Å². The predicted molar refractivity (Wildman–Crippen MR) is 70.6 cm³/mol. The van der Waals surface area contributed by atoms with Gasteiger partial charge < -0.3 is 5.32 Å². The Hall–Kier alpha value is -1.32. The van der Waals surface area contributed by atoms with Crippen LogP contribution in [0.15, 0.2) is 30.5 Å². The van der Waals surface area contributed by atoms with E-state index in [1.165, 1.54) is 0 Å². The molecule has 5 heteroatoms. The van der Waals surface area contributed by atoms with Gasteiger partial charge in [-0.2, -0.15) is 0 Å². The highest BCUT2D eigenvalue weighted by Gasteiger charge is 2.00. The van der Waals surface area contributed by atoms with E-state index in [2.05, 4.69) is 15.3 Å². The number of halogens is 2. The number of aryl methyl sites for hydroxylation is 1. The van der Waals surface area contributed by atoms with Crippen LogP contribution in [0.5, 0.6) is 0 Å². The summed E-state index contributed by atoms with van der Waals surface area (Å²) in [7, 11) is 0. The van der Waals surface area contributed by atoms with Crippen molar-refractivity contribution in [2.24, 2.45) is 0 Å². The van der Waals surface area contributed by atoms with Gasteiger partial charge in [-0.3, -0.25) is 0 Å². The third-order valence-electron chi connectivity index (χ3n) is 2.23. The van der Waals surface area contributed by atoms with Crippen molar-refractivity contribution in [1.82, 2.24) is 9.97 Å². The monoisotopic (exact) mass is 267 g/mol. The number of nitrogens with zero attached hydrogens (tertiary/aromatic N) is 2. The summed E-state index contributed by atoms with van der Waals surface area (Å²) in [6, 6.07) is 7.30. The Morgan fingerprint density at radius 3 is 2.71 bits per heavy atom. The minimum atomic E-state index is 0.538. The lowest BCUT2D eigenvalue weighted by molar-refractivity contribution is 0.955. The zero-order chi connectivity index (χ0) is 12.3. The van der Waals surface area contributed by atoms with E-state index < -0.39 is 0 Å². The standard InChI is InChI=1S/C12H11Cl2N3/c1-8-15-5-4-10(17-8)7-16-9-2-3-11(13)12(14)6-9/h2-6,16H,7H2,1H3. The highest BCUT2D eigenvalue weighted by molar-refractivity contribution is 6.42. The number of anilines is 1. The number of hydrogen-bond acceptors (Lipinski definition) is 3. The molecule has 0 aliphatic carbocycles. The van der Waals surface area contributed by atoms with Crippen molar-refractivity contribution in [1.29, 1.82) is 0 Å². The van der Waals surface area contributed by atoms with Gasteiger partial charge in [-0.1, -0.05) is 23.2 Å². The molecule has 0 amide bonds. The largest absolute Gasteiger partial charge is 0.379 e. The van der Waals surface area contributed by atoms with Gasteiger partial charge in [0.15, 0.2) is 0 Å². The average Bonchev–Trinajstić information content (AvgIpc) is 2.31. The van der Waals surface area contributed by atoms with Crippen LogP contribution in [0.4, 0.5) is 5.69 Å². The summed E-state index contributed by atoms with van der Waals surface area (Å²) >= 11 is 11.8. The molecule has 17 heavy (non-hydrogen) atoms. The van der Waals surface area contributed by atoms with Crippen LogP contribution in [0, 0.1) is 6.92 Å². The minimum Gasteiger partial charge on any atom is -0.379 e. The molecule has 1 aromatic carbocycles. The Morgan fingerprint density at radius 1 is 1.18 bits per heavy atom. The Bertz CT molecular complexity index is 529. The summed E-state index contributed by atoms with van der Waals surface area (Å²) in [6.45, 7) is 2.49. The zero-order valence-electron chi connectivity index (χ0n) is 9.24. The molecule has 2 aromatic rings. The summed E-state index contributed by atoms with van der Waals surface area (Å²) in [4.78, 5) is 8.34. The van der Waals surface area contributed by atoms with Gasteiger partial charge >= 0.3 is 0 Å². The van der Waals surface area contributed by atoms with Crippen molar-refractivity contribution in [2.45, 2.75) is 13.5 Å². The number of benzene rings is 1. The molecule has 0 aliphatic rings. The SMILES string of the molecule is Cc1nccc(CNc2ccc(Cl)c(Cl)c2)n1. The van der Waals surface area contributed by atoms with Gasteiger partial charge in [-0.05, 0) is 31.2 Å². The van der Waals surface area contributed by atoms with Gasteiger partial charge in [0, 0.05) is 11.9 Å². The first kappa shape index (κ1) is 12.1. The average molecular weight is 268 g/mol. The van der Waals surface area contributed by atoms with Gasteiger partial charge in [0.25, 0.3) is 0 Å². The third kappa shape index (κ3) is 3.32. The van der Waals surface area contributed by atoms with Crippen molar-refractivity contribution < 1.29 is 0 Å². The van der Waals surface area contributed by atoms with Crippen LogP contribution in [0.2, 0.25) is 10.0 Å². The first-order valence-corrected chi connectivity index (χ1v) is 5.88. The van der Waals surface area contributed by atoms with Crippen molar-refractivity contribution in [2.75, 3.05) is 5.32 Å². The summed E-state index contributed by atoms with van der Waals surface area (Å²) in [6.07, 6.45) is 1.74. The smallest absolute Gasteiger partial charge is 0.125 e. The van der Waals surface area contributed by atoms with Crippen molar-refractivity contribution in [3.05, 3.63) is 52.0 Å². The second-order valence-electron chi connectivity index (χ2n) is 3.58. The third-order valence-corrected chi connectivity index (χ3v) is 2.97. The Morgan fingerprint density at radius 2 is 2.00 bits per heavy atom. The Kier molecular flexibility index (Phi) is 3.82. The van der Waals surface area contributed by atoms with Crippen LogP contribution < -0.4 is 5.32 Å². The topological polar surface area (TPSA) is 37.8 Å². The number of hydrogen-bond donors (Lipinski definition) is 1. The fourth-order valence-electron chi connectivity index (χ4n) is 1.40. The summed E-state index contributed by atoms with van der Waals surface area (Å²) in [5.74, 6) is 0.762. The highest BCUT2D eigenvalue weighted by Crippen LogP contribution is 2.25. The van der Waals surface area contributed by atoms with E-state index in [1.54, 1.807) is 18.3 Å². The van der Waals surface area contributed by atoms with Gasteiger partial charge in [0.2, 0.25) is 0 Å². The maximum Gasteiger partial charge on any atom is 0.125 e. The molecule has 1 aromatic heterocycles. The molecule has 0 aliphatic heterocycles. The molecular formula is C12H11Cl2N3. The Balaban J connectivity index is 2.05. The molecule has 0 bridgehead atoms. The second-order valence-corrected chi connectivity index (χ2v) is 4.39. The van der Waals surface area contributed by atoms with Crippen molar-refractivity contribution >= 4 is 28.9 Å². The quantitative estimate of drug-likeness (QED) is 0.922. The van der Waals surface area contributed by atoms with E-state index in [4.69, 9.17) is 23.2 Å². The highest BCUT2D eigenvalue weighted by atomic mass is 35.5. The molecule has 2 rings (SSSR count).